The summed E-state index contributed by atoms with van der Waals surface area (Å²) in [6.45, 7) is 4.76. The Kier molecular flexibility index (Phi) is 6.21. The van der Waals surface area contributed by atoms with Gasteiger partial charge in [0.1, 0.15) is 5.58 Å². The lowest BCUT2D eigenvalue weighted by molar-refractivity contribution is 0.660. The largest absolute Gasteiger partial charge is 0.454 e. The number of thiophene rings is 1. The standard InChI is InChI=1S/C49H33NOS/c1-49(2)41-28-31(34-17-10-19-40-38-16-6-8-23-46(38)52-48(34)40)24-26-35(41)36-27-25-32(29-42(36)49)50(43-20-9-13-30-12-3-4-14-33(30)43)44-21-11-18-39-37-15-5-7-22-45(37)51-47(39)44/h3-29H,1-2H3. The molecule has 0 fully saturated rings. The van der Waals surface area contributed by atoms with Crippen molar-refractivity contribution in [1.29, 1.82) is 0 Å². The third-order valence-electron chi connectivity index (χ3n) is 11.3. The molecule has 1 aliphatic carbocycles. The van der Waals surface area contributed by atoms with E-state index in [0.29, 0.717) is 0 Å². The summed E-state index contributed by atoms with van der Waals surface area (Å²) in [4.78, 5) is 2.40. The van der Waals surface area contributed by atoms with Crippen LogP contribution in [0.2, 0.25) is 0 Å². The zero-order valence-corrected chi connectivity index (χ0v) is 29.7. The average Bonchev–Trinajstić information content (AvgIpc) is 3.83. The van der Waals surface area contributed by atoms with Crippen LogP contribution in [0.4, 0.5) is 17.1 Å². The molecule has 0 spiro atoms. The first-order chi connectivity index (χ1) is 25.5. The van der Waals surface area contributed by atoms with E-state index in [1.807, 2.05) is 17.4 Å². The fourth-order valence-electron chi connectivity index (χ4n) is 8.73. The molecule has 0 aliphatic heterocycles. The SMILES string of the molecule is CC1(C)c2cc(-c3cccc4c3sc3ccccc34)ccc2-c2ccc(N(c3cccc4ccccc34)c3cccc4c3oc3ccccc34)cc21. The maximum Gasteiger partial charge on any atom is 0.159 e. The molecular formula is C49H33NOS. The second kappa shape index (κ2) is 10.9. The van der Waals surface area contributed by atoms with Gasteiger partial charge in [0.25, 0.3) is 0 Å². The van der Waals surface area contributed by atoms with Gasteiger partial charge >= 0.3 is 0 Å². The number of benzene rings is 8. The number of furan rings is 1. The van der Waals surface area contributed by atoms with E-state index >= 15 is 0 Å². The molecule has 2 aromatic heterocycles. The van der Waals surface area contributed by atoms with E-state index in [4.69, 9.17) is 4.42 Å². The Balaban J connectivity index is 1.10. The average molecular weight is 684 g/mol. The molecule has 0 atom stereocenters. The molecule has 0 amide bonds. The van der Waals surface area contributed by atoms with Gasteiger partial charge in [0.2, 0.25) is 0 Å². The summed E-state index contributed by atoms with van der Waals surface area (Å²) in [6.07, 6.45) is 0. The van der Waals surface area contributed by atoms with Crippen LogP contribution in [0.3, 0.4) is 0 Å². The van der Waals surface area contributed by atoms with E-state index in [9.17, 15) is 0 Å². The van der Waals surface area contributed by atoms with Crippen LogP contribution >= 0.6 is 11.3 Å². The molecule has 10 aromatic rings. The monoisotopic (exact) mass is 683 g/mol. The first-order valence-corrected chi connectivity index (χ1v) is 18.7. The molecule has 3 heteroatoms. The van der Waals surface area contributed by atoms with Crippen molar-refractivity contribution in [2.24, 2.45) is 0 Å². The van der Waals surface area contributed by atoms with E-state index < -0.39 is 0 Å². The van der Waals surface area contributed by atoms with Crippen molar-refractivity contribution in [3.63, 3.8) is 0 Å². The Labute approximate surface area is 305 Å². The highest BCUT2D eigenvalue weighted by atomic mass is 32.1. The van der Waals surface area contributed by atoms with Gasteiger partial charge in [-0.25, -0.2) is 0 Å². The van der Waals surface area contributed by atoms with Crippen LogP contribution in [0.5, 0.6) is 0 Å². The molecule has 52 heavy (non-hydrogen) atoms. The van der Waals surface area contributed by atoms with E-state index in [1.54, 1.807) is 0 Å². The highest BCUT2D eigenvalue weighted by molar-refractivity contribution is 7.26. The predicted octanol–water partition coefficient (Wildman–Crippen LogP) is 14.6. The maximum atomic E-state index is 6.67. The predicted molar refractivity (Wildman–Crippen MR) is 222 cm³/mol. The minimum atomic E-state index is -0.208. The van der Waals surface area contributed by atoms with Crippen molar-refractivity contribution in [3.8, 4) is 22.3 Å². The first kappa shape index (κ1) is 29.6. The lowest BCUT2D eigenvalue weighted by Gasteiger charge is -2.29. The van der Waals surface area contributed by atoms with Crippen molar-refractivity contribution in [2.45, 2.75) is 19.3 Å². The highest BCUT2D eigenvalue weighted by Crippen LogP contribution is 2.53. The van der Waals surface area contributed by atoms with Crippen LogP contribution in [0, 0.1) is 0 Å². The molecule has 11 rings (SSSR count). The number of rotatable bonds is 4. The second-order valence-corrected chi connectivity index (χ2v) is 15.5. The fourth-order valence-corrected chi connectivity index (χ4v) is 9.96. The fraction of sp³-hybridized carbons (Fsp3) is 0.0612. The van der Waals surface area contributed by atoms with Gasteiger partial charge in [-0.1, -0.05) is 135 Å². The summed E-state index contributed by atoms with van der Waals surface area (Å²) in [6, 6.07) is 59.8. The molecule has 2 nitrogen and oxygen atoms in total. The van der Waals surface area contributed by atoms with Crippen LogP contribution in [-0.2, 0) is 5.41 Å². The Morgan fingerprint density at radius 1 is 0.500 bits per heavy atom. The zero-order chi connectivity index (χ0) is 34.6. The summed E-state index contributed by atoms with van der Waals surface area (Å²) >= 11 is 1.89. The molecule has 0 radical (unpaired) electrons. The Hall–Kier alpha value is -6.16. The van der Waals surface area contributed by atoms with Crippen LogP contribution < -0.4 is 4.90 Å². The second-order valence-electron chi connectivity index (χ2n) is 14.5. The molecule has 8 aromatic carbocycles. The summed E-state index contributed by atoms with van der Waals surface area (Å²) in [5.41, 5.74) is 12.7. The van der Waals surface area contributed by atoms with Crippen LogP contribution in [0.15, 0.2) is 168 Å². The highest BCUT2D eigenvalue weighted by Gasteiger charge is 2.37. The smallest absolute Gasteiger partial charge is 0.159 e. The first-order valence-electron chi connectivity index (χ1n) is 17.9. The van der Waals surface area contributed by atoms with Crippen molar-refractivity contribution < 1.29 is 4.42 Å². The number of fused-ring (bicyclic) bond motifs is 10. The molecule has 1 aliphatic rings. The van der Waals surface area contributed by atoms with Gasteiger partial charge < -0.3 is 9.32 Å². The minimum Gasteiger partial charge on any atom is -0.454 e. The number of anilines is 3. The zero-order valence-electron chi connectivity index (χ0n) is 28.9. The molecule has 0 saturated carbocycles. The Morgan fingerprint density at radius 2 is 1.15 bits per heavy atom. The van der Waals surface area contributed by atoms with Crippen LogP contribution in [0.1, 0.15) is 25.0 Å². The van der Waals surface area contributed by atoms with E-state index in [2.05, 4.69) is 176 Å². The summed E-state index contributed by atoms with van der Waals surface area (Å²) in [5.74, 6) is 0. The Bertz CT molecular complexity index is 3060. The Morgan fingerprint density at radius 3 is 2.06 bits per heavy atom. The molecule has 0 unspecified atom stereocenters. The molecular weight excluding hydrogens is 651 g/mol. The molecule has 0 N–H and O–H groups in total. The topological polar surface area (TPSA) is 16.4 Å². The van der Waals surface area contributed by atoms with E-state index in [-0.39, 0.29) is 5.41 Å². The van der Waals surface area contributed by atoms with E-state index in [0.717, 1.165) is 39.0 Å². The van der Waals surface area contributed by atoms with Crippen LogP contribution in [0.25, 0.3) is 75.1 Å². The number of nitrogens with zero attached hydrogens (tertiary/aromatic N) is 1. The third kappa shape index (κ3) is 4.17. The number of hydrogen-bond donors (Lipinski definition) is 0. The summed E-state index contributed by atoms with van der Waals surface area (Å²) < 4.78 is 9.35. The summed E-state index contributed by atoms with van der Waals surface area (Å²) in [5, 5.41) is 7.31. The van der Waals surface area contributed by atoms with Crippen molar-refractivity contribution in [3.05, 3.63) is 175 Å². The van der Waals surface area contributed by atoms with Gasteiger partial charge in [-0.15, -0.1) is 11.3 Å². The van der Waals surface area contributed by atoms with Gasteiger partial charge in [0, 0.05) is 47.4 Å². The van der Waals surface area contributed by atoms with Gasteiger partial charge in [-0.3, -0.25) is 0 Å². The van der Waals surface area contributed by atoms with Gasteiger partial charge in [0.05, 0.1) is 11.4 Å². The van der Waals surface area contributed by atoms with Gasteiger partial charge in [-0.2, -0.15) is 0 Å². The molecule has 2 heterocycles. The summed E-state index contributed by atoms with van der Waals surface area (Å²) in [7, 11) is 0. The normalized spacial score (nSPS) is 13.3. The third-order valence-corrected chi connectivity index (χ3v) is 12.5. The molecule has 246 valence electrons. The van der Waals surface area contributed by atoms with Crippen molar-refractivity contribution in [1.82, 2.24) is 0 Å². The van der Waals surface area contributed by atoms with Crippen molar-refractivity contribution in [2.75, 3.05) is 4.90 Å². The maximum absolute atomic E-state index is 6.67. The number of hydrogen-bond acceptors (Lipinski definition) is 3. The van der Waals surface area contributed by atoms with Gasteiger partial charge in [0.15, 0.2) is 5.58 Å². The lowest BCUT2D eigenvalue weighted by atomic mass is 9.81. The van der Waals surface area contributed by atoms with Crippen LogP contribution in [-0.4, -0.2) is 0 Å². The molecule has 0 saturated heterocycles. The minimum absolute atomic E-state index is 0.208. The van der Waals surface area contributed by atoms with Crippen molar-refractivity contribution >= 4 is 81.3 Å². The van der Waals surface area contributed by atoms with E-state index in [1.165, 1.54) is 64.3 Å². The molecule has 0 bridgehead atoms. The van der Waals surface area contributed by atoms with Gasteiger partial charge in [-0.05, 0) is 81.2 Å². The number of para-hydroxylation sites is 2. The lowest BCUT2D eigenvalue weighted by Crippen LogP contribution is -2.17. The quantitative estimate of drug-likeness (QED) is 0.184.